The lowest BCUT2D eigenvalue weighted by molar-refractivity contribution is 0.412. The summed E-state index contributed by atoms with van der Waals surface area (Å²) < 4.78 is 6.30. The summed E-state index contributed by atoms with van der Waals surface area (Å²) >= 11 is 7.43. The molecule has 0 aliphatic heterocycles. The summed E-state index contributed by atoms with van der Waals surface area (Å²) in [5.41, 5.74) is 2.76. The maximum Gasteiger partial charge on any atom is 0.133 e. The second-order valence-electron chi connectivity index (χ2n) is 5.21. The fourth-order valence-electron chi connectivity index (χ4n) is 2.72. The van der Waals surface area contributed by atoms with Crippen LogP contribution in [-0.4, -0.2) is 7.11 Å². The van der Waals surface area contributed by atoms with Gasteiger partial charge in [0.05, 0.1) is 11.6 Å². The van der Waals surface area contributed by atoms with E-state index in [1.165, 1.54) is 17.5 Å². The van der Waals surface area contributed by atoms with Crippen molar-refractivity contribution in [1.82, 2.24) is 0 Å². The van der Waals surface area contributed by atoms with Crippen LogP contribution in [0.5, 0.6) is 5.75 Å². The van der Waals surface area contributed by atoms with Gasteiger partial charge in [0, 0.05) is 4.83 Å². The van der Waals surface area contributed by atoms with E-state index in [2.05, 4.69) is 74.3 Å². The van der Waals surface area contributed by atoms with Gasteiger partial charge in [0.2, 0.25) is 0 Å². The number of halogens is 2. The van der Waals surface area contributed by atoms with Crippen molar-refractivity contribution in [3.63, 3.8) is 0 Å². The van der Waals surface area contributed by atoms with Gasteiger partial charge in [-0.25, -0.2) is 0 Å². The number of rotatable bonds is 4. The molecular weight excluding hydrogens is 380 g/mol. The maximum absolute atomic E-state index is 5.28. The summed E-state index contributed by atoms with van der Waals surface area (Å²) in [6, 6.07) is 17.1. The standard InChI is InChI=1S/C17H16Br2O/c1-20-16-8-7-12(9-15(16)18)17(19)14-10-13(14)11-5-3-2-4-6-11/h2-9,13-14,17H,10H2,1H3. The normalized spacial score (nSPS) is 22.4. The van der Waals surface area contributed by atoms with E-state index in [1.807, 2.05) is 6.07 Å². The Morgan fingerprint density at radius 3 is 2.55 bits per heavy atom. The van der Waals surface area contributed by atoms with Crippen molar-refractivity contribution < 1.29 is 4.74 Å². The fourth-order valence-corrected chi connectivity index (χ4v) is 4.15. The molecule has 3 rings (SSSR count). The third-order valence-electron chi connectivity index (χ3n) is 3.94. The van der Waals surface area contributed by atoms with Gasteiger partial charge >= 0.3 is 0 Å². The topological polar surface area (TPSA) is 9.23 Å². The van der Waals surface area contributed by atoms with E-state index >= 15 is 0 Å². The number of alkyl halides is 1. The molecule has 0 radical (unpaired) electrons. The van der Waals surface area contributed by atoms with Crippen LogP contribution in [0.15, 0.2) is 53.0 Å². The fraction of sp³-hybridized carbons (Fsp3) is 0.294. The average Bonchev–Trinajstić information content (AvgIpc) is 3.28. The molecule has 0 spiro atoms. The zero-order chi connectivity index (χ0) is 14.1. The molecular formula is C17H16Br2O. The molecule has 3 unspecified atom stereocenters. The zero-order valence-corrected chi connectivity index (χ0v) is 14.4. The molecule has 3 heteroatoms. The highest BCUT2D eigenvalue weighted by molar-refractivity contribution is 9.10. The van der Waals surface area contributed by atoms with Crippen molar-refractivity contribution >= 4 is 31.9 Å². The highest BCUT2D eigenvalue weighted by Gasteiger charge is 2.43. The number of ether oxygens (including phenoxy) is 1. The SMILES string of the molecule is COc1ccc(C(Br)C2CC2c2ccccc2)cc1Br. The Labute approximate surface area is 136 Å². The monoisotopic (exact) mass is 394 g/mol. The molecule has 0 saturated heterocycles. The van der Waals surface area contributed by atoms with Crippen LogP contribution < -0.4 is 4.74 Å². The minimum absolute atomic E-state index is 0.398. The summed E-state index contributed by atoms with van der Waals surface area (Å²) in [6.07, 6.45) is 1.25. The van der Waals surface area contributed by atoms with E-state index < -0.39 is 0 Å². The first-order chi connectivity index (χ1) is 9.70. The van der Waals surface area contributed by atoms with Gasteiger partial charge in [-0.1, -0.05) is 52.3 Å². The molecule has 0 bridgehead atoms. The van der Waals surface area contributed by atoms with Gasteiger partial charge in [-0.05, 0) is 57.4 Å². The molecule has 1 saturated carbocycles. The largest absolute Gasteiger partial charge is 0.496 e. The lowest BCUT2D eigenvalue weighted by Crippen LogP contribution is -1.95. The first kappa shape index (κ1) is 14.2. The quantitative estimate of drug-likeness (QED) is 0.603. The van der Waals surface area contributed by atoms with Crippen LogP contribution in [0.1, 0.15) is 28.3 Å². The molecule has 0 amide bonds. The molecule has 0 aromatic heterocycles. The van der Waals surface area contributed by atoms with Gasteiger partial charge in [0.15, 0.2) is 0 Å². The summed E-state index contributed by atoms with van der Waals surface area (Å²) in [5.74, 6) is 2.24. The average molecular weight is 396 g/mol. The molecule has 1 aliphatic carbocycles. The molecule has 0 N–H and O–H groups in total. The maximum atomic E-state index is 5.28. The van der Waals surface area contributed by atoms with Gasteiger partial charge in [-0.15, -0.1) is 0 Å². The lowest BCUT2D eigenvalue weighted by Gasteiger charge is -2.12. The molecule has 1 fully saturated rings. The second-order valence-corrected chi connectivity index (χ2v) is 7.05. The Morgan fingerprint density at radius 1 is 1.15 bits per heavy atom. The van der Waals surface area contributed by atoms with Gasteiger partial charge < -0.3 is 4.74 Å². The van der Waals surface area contributed by atoms with Crippen LogP contribution in [0.4, 0.5) is 0 Å². The molecule has 0 heterocycles. The predicted octanol–water partition coefficient (Wildman–Crippen LogP) is 5.70. The van der Waals surface area contributed by atoms with Crippen LogP contribution in [0.2, 0.25) is 0 Å². The smallest absolute Gasteiger partial charge is 0.133 e. The summed E-state index contributed by atoms with van der Waals surface area (Å²) in [5, 5.41) is 0. The summed E-state index contributed by atoms with van der Waals surface area (Å²) in [4.78, 5) is 0.398. The Hall–Kier alpha value is -0.800. The van der Waals surface area contributed by atoms with Gasteiger partial charge in [0.25, 0.3) is 0 Å². The Morgan fingerprint density at radius 2 is 1.90 bits per heavy atom. The number of hydrogen-bond acceptors (Lipinski definition) is 1. The van der Waals surface area contributed by atoms with Gasteiger partial charge in [0.1, 0.15) is 5.75 Å². The van der Waals surface area contributed by atoms with Crippen molar-refractivity contribution in [2.45, 2.75) is 17.2 Å². The van der Waals surface area contributed by atoms with E-state index in [9.17, 15) is 0 Å². The highest BCUT2D eigenvalue weighted by Crippen LogP contribution is 2.57. The van der Waals surface area contributed by atoms with Crippen molar-refractivity contribution in [1.29, 1.82) is 0 Å². The van der Waals surface area contributed by atoms with Crippen LogP contribution in [0, 0.1) is 5.92 Å². The van der Waals surface area contributed by atoms with Crippen molar-refractivity contribution in [3.8, 4) is 5.75 Å². The molecule has 3 atom stereocenters. The Kier molecular flexibility index (Phi) is 4.18. The minimum Gasteiger partial charge on any atom is -0.496 e. The first-order valence-corrected chi connectivity index (χ1v) is 8.44. The summed E-state index contributed by atoms with van der Waals surface area (Å²) in [6.45, 7) is 0. The number of methoxy groups -OCH3 is 1. The van der Waals surface area contributed by atoms with Crippen molar-refractivity contribution in [3.05, 3.63) is 64.1 Å². The van der Waals surface area contributed by atoms with Gasteiger partial charge in [-0.2, -0.15) is 0 Å². The first-order valence-electron chi connectivity index (χ1n) is 6.73. The van der Waals surface area contributed by atoms with Crippen molar-refractivity contribution in [2.24, 2.45) is 5.92 Å². The van der Waals surface area contributed by atoms with Crippen LogP contribution >= 0.6 is 31.9 Å². The third-order valence-corrected chi connectivity index (χ3v) is 5.77. The number of benzene rings is 2. The third kappa shape index (κ3) is 2.79. The molecule has 1 nitrogen and oxygen atoms in total. The van der Waals surface area contributed by atoms with Crippen LogP contribution in [0.3, 0.4) is 0 Å². The molecule has 1 aliphatic rings. The predicted molar refractivity (Wildman–Crippen MR) is 89.7 cm³/mol. The minimum atomic E-state index is 0.398. The second kappa shape index (κ2) is 5.90. The highest BCUT2D eigenvalue weighted by atomic mass is 79.9. The zero-order valence-electron chi connectivity index (χ0n) is 11.2. The molecule has 2 aromatic rings. The van der Waals surface area contributed by atoms with E-state index in [4.69, 9.17) is 4.74 Å². The molecule has 2 aromatic carbocycles. The number of hydrogen-bond donors (Lipinski definition) is 0. The Bertz CT molecular complexity index is 597. The van der Waals surface area contributed by atoms with E-state index in [0.29, 0.717) is 16.7 Å². The van der Waals surface area contributed by atoms with E-state index in [0.717, 1.165) is 10.2 Å². The molecule has 104 valence electrons. The van der Waals surface area contributed by atoms with E-state index in [-0.39, 0.29) is 0 Å². The molecule has 20 heavy (non-hydrogen) atoms. The van der Waals surface area contributed by atoms with Crippen LogP contribution in [0.25, 0.3) is 0 Å². The Balaban J connectivity index is 1.75. The van der Waals surface area contributed by atoms with E-state index in [1.54, 1.807) is 7.11 Å². The lowest BCUT2D eigenvalue weighted by atomic mass is 10.0. The van der Waals surface area contributed by atoms with Gasteiger partial charge in [-0.3, -0.25) is 0 Å². The summed E-state index contributed by atoms with van der Waals surface area (Å²) in [7, 11) is 1.69. The van der Waals surface area contributed by atoms with Crippen LogP contribution in [-0.2, 0) is 0 Å². The van der Waals surface area contributed by atoms with Crippen molar-refractivity contribution in [2.75, 3.05) is 7.11 Å².